The number of aryl methyl sites for hydroxylation is 2. The van der Waals surface area contributed by atoms with E-state index in [1.54, 1.807) is 24.5 Å². The molecule has 0 N–H and O–H groups in total. The van der Waals surface area contributed by atoms with Crippen LogP contribution in [0.25, 0.3) is 6.08 Å². The van der Waals surface area contributed by atoms with Crippen molar-refractivity contribution < 1.29 is 4.79 Å². The Labute approximate surface area is 107 Å². The Balaban J connectivity index is 2.17. The van der Waals surface area contributed by atoms with E-state index in [0.29, 0.717) is 0 Å². The molecule has 2 aromatic rings. The molecule has 0 saturated heterocycles. The zero-order valence-corrected chi connectivity index (χ0v) is 10.6. The number of nitrogens with zero attached hydrogens (tertiary/aromatic N) is 1. The number of carbonyl (C=O) groups excluding carboxylic acids is 1. The van der Waals surface area contributed by atoms with E-state index in [2.05, 4.69) is 4.98 Å². The predicted octanol–water partition coefficient (Wildman–Crippen LogP) is 3.59. The highest BCUT2D eigenvalue weighted by Gasteiger charge is 2.02. The van der Waals surface area contributed by atoms with Gasteiger partial charge in [0.1, 0.15) is 0 Å². The second-order valence-electron chi connectivity index (χ2n) is 4.28. The molecule has 0 aliphatic rings. The molecule has 2 rings (SSSR count). The van der Waals surface area contributed by atoms with Gasteiger partial charge in [-0.05, 0) is 54.8 Å². The molecule has 0 fully saturated rings. The normalized spacial score (nSPS) is 10.8. The van der Waals surface area contributed by atoms with Crippen molar-refractivity contribution in [3.63, 3.8) is 0 Å². The molecule has 1 heterocycles. The Hall–Kier alpha value is -2.22. The summed E-state index contributed by atoms with van der Waals surface area (Å²) < 4.78 is 0. The third-order valence-corrected chi connectivity index (χ3v) is 2.92. The third-order valence-electron chi connectivity index (χ3n) is 2.92. The summed E-state index contributed by atoms with van der Waals surface area (Å²) in [7, 11) is 0. The number of carbonyl (C=O) groups is 1. The molecule has 0 bridgehead atoms. The van der Waals surface area contributed by atoms with E-state index in [0.717, 1.165) is 16.7 Å². The lowest BCUT2D eigenvalue weighted by atomic mass is 10.0. The van der Waals surface area contributed by atoms with Crippen LogP contribution in [0.1, 0.15) is 27.0 Å². The van der Waals surface area contributed by atoms with Gasteiger partial charge in [0.05, 0.1) is 0 Å². The molecule has 0 spiro atoms. The average Bonchev–Trinajstić information content (AvgIpc) is 2.40. The van der Waals surface area contributed by atoms with Crippen molar-refractivity contribution in [2.75, 3.05) is 0 Å². The minimum atomic E-state index is 0.0231. The number of hydrogen-bond donors (Lipinski definition) is 0. The van der Waals surface area contributed by atoms with Crippen molar-refractivity contribution in [3.05, 3.63) is 71.1 Å². The van der Waals surface area contributed by atoms with E-state index < -0.39 is 0 Å². The Morgan fingerprint density at radius 3 is 2.44 bits per heavy atom. The number of benzene rings is 1. The van der Waals surface area contributed by atoms with Gasteiger partial charge in [-0.15, -0.1) is 0 Å². The molecule has 18 heavy (non-hydrogen) atoms. The van der Waals surface area contributed by atoms with Crippen LogP contribution in [0.2, 0.25) is 0 Å². The van der Waals surface area contributed by atoms with Crippen LogP contribution in [0, 0.1) is 13.8 Å². The van der Waals surface area contributed by atoms with Crippen molar-refractivity contribution in [1.29, 1.82) is 0 Å². The van der Waals surface area contributed by atoms with Crippen molar-refractivity contribution in [2.24, 2.45) is 0 Å². The summed E-state index contributed by atoms with van der Waals surface area (Å²) in [5.74, 6) is 0.0231. The Morgan fingerprint density at radius 2 is 1.78 bits per heavy atom. The molecule has 0 radical (unpaired) electrons. The monoisotopic (exact) mass is 237 g/mol. The van der Waals surface area contributed by atoms with E-state index >= 15 is 0 Å². The van der Waals surface area contributed by atoms with E-state index in [9.17, 15) is 4.79 Å². The number of pyridine rings is 1. The highest BCUT2D eigenvalue weighted by atomic mass is 16.1. The molecule has 0 unspecified atom stereocenters. The number of rotatable bonds is 3. The summed E-state index contributed by atoms with van der Waals surface area (Å²) >= 11 is 0. The number of allylic oxidation sites excluding steroid dienone is 1. The fourth-order valence-corrected chi connectivity index (χ4v) is 1.64. The molecule has 0 aliphatic heterocycles. The van der Waals surface area contributed by atoms with Gasteiger partial charge < -0.3 is 0 Å². The Bertz CT molecular complexity index is 585. The van der Waals surface area contributed by atoms with Gasteiger partial charge in [-0.3, -0.25) is 9.78 Å². The second-order valence-corrected chi connectivity index (χ2v) is 4.28. The molecule has 0 amide bonds. The third kappa shape index (κ3) is 2.92. The highest BCUT2D eigenvalue weighted by Crippen LogP contribution is 2.11. The quantitative estimate of drug-likeness (QED) is 0.603. The summed E-state index contributed by atoms with van der Waals surface area (Å²) in [6, 6.07) is 9.49. The Kier molecular flexibility index (Phi) is 3.68. The van der Waals surface area contributed by atoms with Gasteiger partial charge in [-0.1, -0.05) is 18.2 Å². The van der Waals surface area contributed by atoms with Gasteiger partial charge in [-0.2, -0.15) is 0 Å². The standard InChI is InChI=1S/C16H15NO/c1-12-3-5-15(11-13(12)2)16(18)6-4-14-7-9-17-10-8-14/h3-11H,1-2H3/b6-4+. The lowest BCUT2D eigenvalue weighted by Gasteiger charge is -2.01. The molecule has 0 saturated carbocycles. The molecule has 90 valence electrons. The minimum absolute atomic E-state index is 0.0231. The van der Waals surface area contributed by atoms with Gasteiger partial charge in [0, 0.05) is 18.0 Å². The van der Waals surface area contributed by atoms with E-state index in [1.807, 2.05) is 44.2 Å². The number of hydrogen-bond acceptors (Lipinski definition) is 2. The molecule has 2 heteroatoms. The van der Waals surface area contributed by atoms with Gasteiger partial charge in [0.15, 0.2) is 5.78 Å². The summed E-state index contributed by atoms with van der Waals surface area (Å²) in [4.78, 5) is 15.9. The van der Waals surface area contributed by atoms with Gasteiger partial charge in [0.2, 0.25) is 0 Å². The summed E-state index contributed by atoms with van der Waals surface area (Å²) in [5.41, 5.74) is 4.04. The van der Waals surface area contributed by atoms with Gasteiger partial charge in [0.25, 0.3) is 0 Å². The Morgan fingerprint density at radius 1 is 1.06 bits per heavy atom. The molecule has 0 atom stereocenters. The SMILES string of the molecule is Cc1ccc(C(=O)/C=C/c2ccncc2)cc1C. The van der Waals surface area contributed by atoms with E-state index in [-0.39, 0.29) is 5.78 Å². The van der Waals surface area contributed by atoms with Gasteiger partial charge >= 0.3 is 0 Å². The summed E-state index contributed by atoms with van der Waals surface area (Å²) in [6.07, 6.45) is 6.82. The maximum atomic E-state index is 12.0. The lowest BCUT2D eigenvalue weighted by molar-refractivity contribution is 0.104. The van der Waals surface area contributed by atoms with Crippen molar-refractivity contribution in [3.8, 4) is 0 Å². The summed E-state index contributed by atoms with van der Waals surface area (Å²) in [5, 5.41) is 0. The van der Waals surface area contributed by atoms with Crippen molar-refractivity contribution in [2.45, 2.75) is 13.8 Å². The molecule has 0 aliphatic carbocycles. The molecule has 1 aromatic heterocycles. The van der Waals surface area contributed by atoms with Crippen LogP contribution in [0.3, 0.4) is 0 Å². The first kappa shape index (κ1) is 12.2. The summed E-state index contributed by atoms with van der Waals surface area (Å²) in [6.45, 7) is 4.05. The van der Waals surface area contributed by atoms with Crippen LogP contribution in [0.4, 0.5) is 0 Å². The first-order valence-electron chi connectivity index (χ1n) is 5.86. The van der Waals surface area contributed by atoms with Crippen LogP contribution in [0.15, 0.2) is 48.8 Å². The van der Waals surface area contributed by atoms with E-state index in [4.69, 9.17) is 0 Å². The predicted molar refractivity (Wildman–Crippen MR) is 73.5 cm³/mol. The molecule has 1 aromatic carbocycles. The fraction of sp³-hybridized carbons (Fsp3) is 0.125. The highest BCUT2D eigenvalue weighted by molar-refractivity contribution is 6.06. The fourth-order valence-electron chi connectivity index (χ4n) is 1.64. The van der Waals surface area contributed by atoms with Crippen LogP contribution in [-0.2, 0) is 0 Å². The van der Waals surface area contributed by atoms with Crippen LogP contribution < -0.4 is 0 Å². The maximum absolute atomic E-state index is 12.0. The smallest absolute Gasteiger partial charge is 0.185 e. The topological polar surface area (TPSA) is 30.0 Å². The first-order valence-corrected chi connectivity index (χ1v) is 5.86. The van der Waals surface area contributed by atoms with Gasteiger partial charge in [-0.25, -0.2) is 0 Å². The zero-order valence-electron chi connectivity index (χ0n) is 10.6. The largest absolute Gasteiger partial charge is 0.289 e. The number of ketones is 1. The van der Waals surface area contributed by atoms with Crippen molar-refractivity contribution in [1.82, 2.24) is 4.98 Å². The average molecular weight is 237 g/mol. The molecular weight excluding hydrogens is 222 g/mol. The van der Waals surface area contributed by atoms with Crippen molar-refractivity contribution >= 4 is 11.9 Å². The minimum Gasteiger partial charge on any atom is -0.289 e. The molecular formula is C16H15NO. The second kappa shape index (κ2) is 5.41. The van der Waals surface area contributed by atoms with Crippen LogP contribution in [0.5, 0.6) is 0 Å². The van der Waals surface area contributed by atoms with E-state index in [1.165, 1.54) is 5.56 Å². The zero-order chi connectivity index (χ0) is 13.0. The molecule has 2 nitrogen and oxygen atoms in total. The van der Waals surface area contributed by atoms with Crippen LogP contribution in [-0.4, -0.2) is 10.8 Å². The van der Waals surface area contributed by atoms with Crippen LogP contribution >= 0.6 is 0 Å². The number of aromatic nitrogens is 1. The maximum Gasteiger partial charge on any atom is 0.185 e. The first-order chi connectivity index (χ1) is 8.66. The lowest BCUT2D eigenvalue weighted by Crippen LogP contribution is -1.95.